The van der Waals surface area contributed by atoms with Gasteiger partial charge in [0, 0.05) is 17.5 Å². The van der Waals surface area contributed by atoms with Crippen LogP contribution in [0.25, 0.3) is 0 Å². The minimum Gasteiger partial charge on any atom is -0.493 e. The first-order chi connectivity index (χ1) is 14.6. The van der Waals surface area contributed by atoms with Crippen LogP contribution in [0.4, 0.5) is 5.00 Å². The second-order valence-corrected chi connectivity index (χ2v) is 10.2. The fraction of sp³-hybridized carbons (Fsp3) is 0.400. The van der Waals surface area contributed by atoms with E-state index in [0.29, 0.717) is 29.2 Å². The van der Waals surface area contributed by atoms with Gasteiger partial charge in [0.05, 0.1) is 24.7 Å². The number of hydrogen-bond donors (Lipinski definition) is 2. The number of benzene rings is 1. The van der Waals surface area contributed by atoms with E-state index < -0.39 is 27.9 Å². The fourth-order valence-corrected chi connectivity index (χ4v) is 6.35. The molecule has 31 heavy (non-hydrogen) atoms. The summed E-state index contributed by atoms with van der Waals surface area (Å²) < 4.78 is 38.1. The molecule has 1 aliphatic rings. The molecule has 1 fully saturated rings. The molecule has 9 nitrogen and oxygen atoms in total. The molecule has 0 spiro atoms. The standard InChI is InChI=1S/C20H25N3O6S2/c1-11-12(2)30-20(17(11)18(21)24)22-19(25)14-6-5-9-23(14)31(26,27)13-7-8-15(28-3)16(10-13)29-4/h7-8,10,14H,5-6,9H2,1-4H3,(H2,21,24)(H,22,25). The van der Waals surface area contributed by atoms with E-state index in [-0.39, 0.29) is 22.8 Å². The Kier molecular flexibility index (Phi) is 6.58. The number of anilines is 1. The van der Waals surface area contributed by atoms with E-state index in [2.05, 4.69) is 5.32 Å². The van der Waals surface area contributed by atoms with Crippen LogP contribution in [-0.4, -0.2) is 51.3 Å². The molecule has 168 valence electrons. The number of carbonyl (C=O) groups is 2. The summed E-state index contributed by atoms with van der Waals surface area (Å²) in [6.07, 6.45) is 0.906. The van der Waals surface area contributed by atoms with E-state index in [9.17, 15) is 18.0 Å². The molecule has 0 radical (unpaired) electrons. The van der Waals surface area contributed by atoms with Gasteiger partial charge in [0.2, 0.25) is 15.9 Å². The van der Waals surface area contributed by atoms with Crippen molar-refractivity contribution >= 4 is 38.2 Å². The molecule has 0 aliphatic carbocycles. The van der Waals surface area contributed by atoms with Crippen molar-refractivity contribution in [3.63, 3.8) is 0 Å². The lowest BCUT2D eigenvalue weighted by Gasteiger charge is -2.23. The third-order valence-corrected chi connectivity index (χ3v) is 8.36. The molecule has 1 aromatic carbocycles. The van der Waals surface area contributed by atoms with E-state index in [1.807, 2.05) is 6.92 Å². The highest BCUT2D eigenvalue weighted by molar-refractivity contribution is 7.89. The van der Waals surface area contributed by atoms with E-state index in [1.165, 1.54) is 48.1 Å². The average Bonchev–Trinajstić information content (AvgIpc) is 3.33. The summed E-state index contributed by atoms with van der Waals surface area (Å²) in [7, 11) is -1.09. The number of primary amides is 1. The fourth-order valence-electron chi connectivity index (χ4n) is 3.61. The van der Waals surface area contributed by atoms with Crippen LogP contribution in [0.15, 0.2) is 23.1 Å². The lowest BCUT2D eigenvalue weighted by atomic mass is 10.1. The summed E-state index contributed by atoms with van der Waals surface area (Å²) >= 11 is 1.24. The second-order valence-electron chi connectivity index (χ2n) is 7.13. The number of ether oxygens (including phenoxy) is 2. The summed E-state index contributed by atoms with van der Waals surface area (Å²) in [5, 5.41) is 3.05. The quantitative estimate of drug-likeness (QED) is 0.643. The molecule has 1 atom stereocenters. The number of carbonyl (C=O) groups excluding carboxylic acids is 2. The largest absolute Gasteiger partial charge is 0.493 e. The Bertz CT molecular complexity index is 1130. The molecule has 11 heteroatoms. The highest BCUT2D eigenvalue weighted by Gasteiger charge is 2.40. The lowest BCUT2D eigenvalue weighted by Crippen LogP contribution is -2.43. The average molecular weight is 468 g/mol. The number of nitrogens with one attached hydrogen (secondary N) is 1. The van der Waals surface area contributed by atoms with Crippen LogP contribution in [0.1, 0.15) is 33.6 Å². The highest BCUT2D eigenvalue weighted by Crippen LogP contribution is 2.35. The van der Waals surface area contributed by atoms with E-state index in [4.69, 9.17) is 15.2 Å². The first kappa shape index (κ1) is 23.0. The molecule has 0 bridgehead atoms. The van der Waals surface area contributed by atoms with Crippen LogP contribution in [-0.2, 0) is 14.8 Å². The molecule has 2 aromatic rings. The van der Waals surface area contributed by atoms with Crippen molar-refractivity contribution in [3.8, 4) is 11.5 Å². The molecule has 1 unspecified atom stereocenters. The maximum absolute atomic E-state index is 13.3. The van der Waals surface area contributed by atoms with Gasteiger partial charge in [-0.1, -0.05) is 0 Å². The maximum atomic E-state index is 13.3. The van der Waals surface area contributed by atoms with Crippen molar-refractivity contribution in [3.05, 3.63) is 34.2 Å². The van der Waals surface area contributed by atoms with Gasteiger partial charge in [-0.05, 0) is 44.4 Å². The minimum absolute atomic E-state index is 0.00508. The van der Waals surface area contributed by atoms with Crippen molar-refractivity contribution < 1.29 is 27.5 Å². The van der Waals surface area contributed by atoms with Gasteiger partial charge in [-0.25, -0.2) is 8.42 Å². The van der Waals surface area contributed by atoms with Gasteiger partial charge in [0.1, 0.15) is 11.0 Å². The predicted octanol–water partition coefficient (Wildman–Crippen LogP) is 2.27. The maximum Gasteiger partial charge on any atom is 0.251 e. The van der Waals surface area contributed by atoms with Gasteiger partial charge < -0.3 is 20.5 Å². The van der Waals surface area contributed by atoms with Crippen LogP contribution in [0.2, 0.25) is 0 Å². The van der Waals surface area contributed by atoms with Gasteiger partial charge in [-0.15, -0.1) is 11.3 Å². The van der Waals surface area contributed by atoms with Crippen LogP contribution in [0, 0.1) is 13.8 Å². The van der Waals surface area contributed by atoms with E-state index >= 15 is 0 Å². The third kappa shape index (κ3) is 4.25. The second kappa shape index (κ2) is 8.85. The predicted molar refractivity (Wildman–Crippen MR) is 117 cm³/mol. The topological polar surface area (TPSA) is 128 Å². The van der Waals surface area contributed by atoms with Gasteiger partial charge >= 0.3 is 0 Å². The van der Waals surface area contributed by atoms with Crippen molar-refractivity contribution in [1.29, 1.82) is 0 Å². The van der Waals surface area contributed by atoms with Crippen LogP contribution in [0.5, 0.6) is 11.5 Å². The van der Waals surface area contributed by atoms with Crippen LogP contribution < -0.4 is 20.5 Å². The van der Waals surface area contributed by atoms with Crippen molar-refractivity contribution in [2.75, 3.05) is 26.1 Å². The number of methoxy groups -OCH3 is 2. The molecule has 3 rings (SSSR count). The minimum atomic E-state index is -3.96. The molecular formula is C20H25N3O6S2. The van der Waals surface area contributed by atoms with Crippen molar-refractivity contribution in [1.82, 2.24) is 4.31 Å². The Morgan fingerprint density at radius 2 is 1.87 bits per heavy atom. The van der Waals surface area contributed by atoms with Crippen LogP contribution >= 0.6 is 11.3 Å². The number of thiophene rings is 1. The number of rotatable bonds is 7. The zero-order valence-electron chi connectivity index (χ0n) is 17.7. The molecule has 2 amide bonds. The van der Waals surface area contributed by atoms with Gasteiger partial charge in [0.25, 0.3) is 5.91 Å². The summed E-state index contributed by atoms with van der Waals surface area (Å²) in [5.74, 6) is -0.456. The van der Waals surface area contributed by atoms with E-state index in [1.54, 1.807) is 6.92 Å². The summed E-state index contributed by atoms with van der Waals surface area (Å²) in [5.41, 5.74) is 6.43. The Labute approximate surface area is 185 Å². The number of hydrogen-bond acceptors (Lipinski definition) is 7. The number of nitrogens with zero attached hydrogens (tertiary/aromatic N) is 1. The Balaban J connectivity index is 1.90. The number of aryl methyl sites for hydroxylation is 1. The zero-order chi connectivity index (χ0) is 22.9. The monoisotopic (exact) mass is 467 g/mol. The number of sulfonamides is 1. The molecule has 1 saturated heterocycles. The Morgan fingerprint density at radius 1 is 1.19 bits per heavy atom. The molecular weight excluding hydrogens is 442 g/mol. The zero-order valence-corrected chi connectivity index (χ0v) is 19.4. The molecule has 0 saturated carbocycles. The number of amides is 2. The van der Waals surface area contributed by atoms with Crippen molar-refractivity contribution in [2.24, 2.45) is 5.73 Å². The number of nitrogens with two attached hydrogens (primary N) is 1. The third-order valence-electron chi connectivity index (χ3n) is 5.34. The molecule has 1 aromatic heterocycles. The normalized spacial score (nSPS) is 16.8. The Hall–Kier alpha value is -2.63. The van der Waals surface area contributed by atoms with Crippen molar-refractivity contribution in [2.45, 2.75) is 37.6 Å². The smallest absolute Gasteiger partial charge is 0.251 e. The summed E-state index contributed by atoms with van der Waals surface area (Å²) in [6, 6.07) is 3.40. The summed E-state index contributed by atoms with van der Waals surface area (Å²) in [4.78, 5) is 25.7. The summed E-state index contributed by atoms with van der Waals surface area (Å²) in [6.45, 7) is 3.79. The first-order valence-electron chi connectivity index (χ1n) is 9.56. The van der Waals surface area contributed by atoms with E-state index in [0.717, 1.165) is 4.88 Å². The van der Waals surface area contributed by atoms with Gasteiger partial charge in [0.15, 0.2) is 11.5 Å². The Morgan fingerprint density at radius 3 is 2.48 bits per heavy atom. The highest BCUT2D eigenvalue weighted by atomic mass is 32.2. The lowest BCUT2D eigenvalue weighted by molar-refractivity contribution is -0.119. The first-order valence-corrected chi connectivity index (χ1v) is 11.8. The van der Waals surface area contributed by atoms with Crippen LogP contribution in [0.3, 0.4) is 0 Å². The van der Waals surface area contributed by atoms with Gasteiger partial charge in [-0.3, -0.25) is 9.59 Å². The van der Waals surface area contributed by atoms with Gasteiger partial charge in [-0.2, -0.15) is 4.31 Å². The SMILES string of the molecule is COc1ccc(S(=O)(=O)N2CCCC2C(=O)Nc2sc(C)c(C)c2C(N)=O)cc1OC. The molecule has 1 aliphatic heterocycles. The molecule has 3 N–H and O–H groups in total. The molecule has 2 heterocycles.